The van der Waals surface area contributed by atoms with Crippen LogP contribution in [0.5, 0.6) is 0 Å². The maximum Gasteiger partial charge on any atom is 3.00 e. The molecule has 0 aliphatic carbocycles. The molecule has 0 unspecified atom stereocenters. The molecule has 0 spiro atoms. The molecule has 0 saturated carbocycles. The van der Waals surface area contributed by atoms with Gasteiger partial charge in [0.2, 0.25) is 0 Å². The van der Waals surface area contributed by atoms with Crippen LogP contribution < -0.4 is 37.2 Å². The molecule has 0 saturated heterocycles. The van der Waals surface area contributed by atoms with Gasteiger partial charge in [0.05, 0.1) is 0 Å². The molecule has 1 nitrogen and oxygen atoms in total. The first-order valence-corrected chi connectivity index (χ1v) is 1.41. The smallest absolute Gasteiger partial charge is 1.00 e. The van der Waals surface area contributed by atoms with E-state index in [1.54, 1.807) is 13.8 Å². The molecule has 5 heteroatoms. The summed E-state index contributed by atoms with van der Waals surface area (Å²) in [7, 11) is 0. The van der Waals surface area contributed by atoms with E-state index in [0.717, 1.165) is 0 Å². The van der Waals surface area contributed by atoms with Crippen LogP contribution in [0.2, 0.25) is 0 Å². The van der Waals surface area contributed by atoms with Crippen LogP contribution >= 0.6 is 0 Å². The third kappa shape index (κ3) is 88.7. The van der Waals surface area contributed by atoms with Gasteiger partial charge in [-0.3, -0.25) is 0 Å². The molecule has 8 heavy (non-hydrogen) atoms. The predicted molar refractivity (Wildman–Crippen MR) is 17.4 cm³/mol. The van der Waals surface area contributed by atoms with Crippen LogP contribution in [0.15, 0.2) is 0 Å². The van der Waals surface area contributed by atoms with Gasteiger partial charge in [0.1, 0.15) is 0 Å². The standard InChI is InChI=1S/C3H8O.3ClH.Nd/c1-3(2)4;;;;/h3-4H,1-2H3;3*1H;/q;;;;+3/p-3. The number of hydrogen-bond donors (Lipinski definition) is 1. The number of aliphatic hydroxyl groups is 1. The Labute approximate surface area is 102 Å². The summed E-state index contributed by atoms with van der Waals surface area (Å²) in [6.07, 6.45) is -0.167. The second-order valence-corrected chi connectivity index (χ2v) is 1.09. The van der Waals surface area contributed by atoms with Gasteiger partial charge < -0.3 is 42.3 Å². The Morgan fingerprint density at radius 2 is 1.00 bits per heavy atom. The quantitative estimate of drug-likeness (QED) is 0.471. The van der Waals surface area contributed by atoms with Crippen LogP contribution in [-0.4, -0.2) is 11.2 Å². The molecule has 0 aromatic rings. The summed E-state index contributed by atoms with van der Waals surface area (Å²) < 4.78 is 0. The Balaban J connectivity index is -0.00000000750. The average Bonchev–Trinajstić information content (AvgIpc) is 0.811. The van der Waals surface area contributed by atoms with Crippen molar-refractivity contribution in [2.45, 2.75) is 20.0 Å². The second kappa shape index (κ2) is 22.9. The van der Waals surface area contributed by atoms with Crippen LogP contribution in [0, 0.1) is 40.8 Å². The van der Waals surface area contributed by atoms with Crippen molar-refractivity contribution in [1.29, 1.82) is 0 Å². The zero-order valence-electron chi connectivity index (χ0n) is 4.66. The molecule has 1 N–H and O–H groups in total. The van der Waals surface area contributed by atoms with Crippen molar-refractivity contribution in [2.75, 3.05) is 0 Å². The Morgan fingerprint density at radius 3 is 1.00 bits per heavy atom. The number of hydrogen-bond acceptors (Lipinski definition) is 1. The molecule has 51 valence electrons. The van der Waals surface area contributed by atoms with Crippen LogP contribution in [0.25, 0.3) is 0 Å². The first-order valence-electron chi connectivity index (χ1n) is 1.41. The predicted octanol–water partition coefficient (Wildman–Crippen LogP) is -8.60. The van der Waals surface area contributed by atoms with Crippen molar-refractivity contribution in [2.24, 2.45) is 0 Å². The van der Waals surface area contributed by atoms with Crippen LogP contribution in [0.4, 0.5) is 0 Å². The monoisotopic (exact) mass is 307 g/mol. The zero-order chi connectivity index (χ0) is 3.58. The normalized spacial score (nSPS) is 4.50. The minimum atomic E-state index is -0.167. The summed E-state index contributed by atoms with van der Waals surface area (Å²) in [6, 6.07) is 0. The molecule has 0 heterocycles. The minimum absolute atomic E-state index is 0. The molecule has 0 aromatic carbocycles. The Morgan fingerprint density at radius 1 is 1.00 bits per heavy atom. The largest absolute Gasteiger partial charge is 3.00 e. The van der Waals surface area contributed by atoms with E-state index in [1.165, 1.54) is 0 Å². The topological polar surface area (TPSA) is 20.2 Å². The molecular formula is C3H8Cl3NdO. The van der Waals surface area contributed by atoms with Gasteiger partial charge in [-0.15, -0.1) is 0 Å². The van der Waals surface area contributed by atoms with E-state index in [1.807, 2.05) is 0 Å². The second-order valence-electron chi connectivity index (χ2n) is 1.09. The van der Waals surface area contributed by atoms with Gasteiger partial charge in [0.25, 0.3) is 0 Å². The van der Waals surface area contributed by atoms with Gasteiger partial charge in [-0.2, -0.15) is 0 Å². The molecule has 0 bridgehead atoms. The van der Waals surface area contributed by atoms with Gasteiger partial charge in [0, 0.05) is 6.10 Å². The van der Waals surface area contributed by atoms with Crippen molar-refractivity contribution in [3.63, 3.8) is 0 Å². The van der Waals surface area contributed by atoms with E-state index in [2.05, 4.69) is 0 Å². The Kier molecular flexibility index (Phi) is 91.5. The molecule has 0 fully saturated rings. The average molecular weight is 311 g/mol. The Bertz CT molecular complexity index is 19.2. The van der Waals surface area contributed by atoms with Crippen molar-refractivity contribution in [3.8, 4) is 0 Å². The molecule has 0 aliphatic heterocycles. The number of halogens is 3. The summed E-state index contributed by atoms with van der Waals surface area (Å²) >= 11 is 0. The fraction of sp³-hybridized carbons (Fsp3) is 1.00. The van der Waals surface area contributed by atoms with E-state index < -0.39 is 0 Å². The van der Waals surface area contributed by atoms with Crippen molar-refractivity contribution >= 4 is 0 Å². The van der Waals surface area contributed by atoms with E-state index in [4.69, 9.17) is 5.11 Å². The van der Waals surface area contributed by atoms with Crippen LogP contribution in [0.3, 0.4) is 0 Å². The maximum absolute atomic E-state index is 8.06. The van der Waals surface area contributed by atoms with E-state index in [-0.39, 0.29) is 84.2 Å². The number of aliphatic hydroxyl groups excluding tert-OH is 1. The summed E-state index contributed by atoms with van der Waals surface area (Å²) in [4.78, 5) is 0. The molecule has 0 amide bonds. The SMILES string of the molecule is CC(C)O.[Cl-].[Cl-].[Cl-].[Nd+3]. The van der Waals surface area contributed by atoms with Gasteiger partial charge in [-0.05, 0) is 13.8 Å². The molecular weight excluding hydrogens is 303 g/mol. The summed E-state index contributed by atoms with van der Waals surface area (Å²) in [6.45, 7) is 3.44. The molecule has 0 rings (SSSR count). The van der Waals surface area contributed by atoms with Gasteiger partial charge in [-0.1, -0.05) is 0 Å². The molecule has 0 atom stereocenters. The molecule has 0 aliphatic rings. The first-order chi connectivity index (χ1) is 1.73. The van der Waals surface area contributed by atoms with E-state index in [9.17, 15) is 0 Å². The maximum atomic E-state index is 8.06. The van der Waals surface area contributed by atoms with E-state index in [0.29, 0.717) is 0 Å². The summed E-state index contributed by atoms with van der Waals surface area (Å²) in [5.41, 5.74) is 0. The minimum Gasteiger partial charge on any atom is -1.00 e. The Hall–Kier alpha value is 2.18. The van der Waals surface area contributed by atoms with Crippen molar-refractivity contribution < 1.29 is 83.2 Å². The fourth-order valence-corrected chi connectivity index (χ4v) is 0. The summed E-state index contributed by atoms with van der Waals surface area (Å²) in [5, 5.41) is 8.06. The zero-order valence-corrected chi connectivity index (χ0v) is 10.1. The molecule has 0 aromatic heterocycles. The van der Waals surface area contributed by atoms with Gasteiger partial charge in [0.15, 0.2) is 0 Å². The van der Waals surface area contributed by atoms with Gasteiger partial charge >= 0.3 is 40.8 Å². The first kappa shape index (κ1) is 32.0. The van der Waals surface area contributed by atoms with Crippen molar-refractivity contribution in [3.05, 3.63) is 0 Å². The third-order valence-electron chi connectivity index (χ3n) is 0. The van der Waals surface area contributed by atoms with Crippen molar-refractivity contribution in [1.82, 2.24) is 0 Å². The molecule has 1 radical (unpaired) electrons. The van der Waals surface area contributed by atoms with Crippen LogP contribution in [0.1, 0.15) is 13.8 Å². The fourth-order valence-electron chi connectivity index (χ4n) is 0. The van der Waals surface area contributed by atoms with E-state index >= 15 is 0 Å². The third-order valence-corrected chi connectivity index (χ3v) is 0. The van der Waals surface area contributed by atoms with Crippen LogP contribution in [-0.2, 0) is 0 Å². The number of rotatable bonds is 0. The summed E-state index contributed by atoms with van der Waals surface area (Å²) in [5.74, 6) is 0. The van der Waals surface area contributed by atoms with Gasteiger partial charge in [-0.25, -0.2) is 0 Å².